The van der Waals surface area contributed by atoms with Crippen LogP contribution in [0.1, 0.15) is 12.6 Å². The van der Waals surface area contributed by atoms with Gasteiger partial charge in [0.15, 0.2) is 5.69 Å². The van der Waals surface area contributed by atoms with Gasteiger partial charge in [0.05, 0.1) is 12.6 Å². The monoisotopic (exact) mass is 232 g/mol. The first-order chi connectivity index (χ1) is 7.30. The molecule has 1 aromatic rings. The number of halogens is 3. The number of aromatic nitrogens is 2. The lowest BCUT2D eigenvalue weighted by Gasteiger charge is -2.20. The summed E-state index contributed by atoms with van der Waals surface area (Å²) in [5.41, 5.74) is -1.89. The van der Waals surface area contributed by atoms with Crippen LogP contribution in [0.4, 0.5) is 13.2 Å². The first kappa shape index (κ1) is 12.5. The van der Waals surface area contributed by atoms with Crippen molar-refractivity contribution in [3.8, 4) is 6.07 Å². The van der Waals surface area contributed by atoms with E-state index < -0.39 is 17.4 Å². The molecule has 0 aliphatic heterocycles. The second kappa shape index (κ2) is 4.14. The van der Waals surface area contributed by atoms with Gasteiger partial charge in [0.1, 0.15) is 5.54 Å². The van der Waals surface area contributed by atoms with Crippen molar-refractivity contribution in [1.82, 2.24) is 15.1 Å². The number of alkyl halides is 3. The molecule has 88 valence electrons. The Bertz CT molecular complexity index is 404. The van der Waals surface area contributed by atoms with Crippen LogP contribution >= 0.6 is 0 Å². The Morgan fingerprint density at radius 2 is 2.19 bits per heavy atom. The number of hydrogen-bond donors (Lipinski definition) is 1. The molecule has 1 N–H and O–H groups in total. The van der Waals surface area contributed by atoms with Crippen LogP contribution in [0.3, 0.4) is 0 Å². The Balaban J connectivity index is 2.85. The number of likely N-dealkylation sites (N-methyl/N-ethyl adjacent to an activating group) is 1. The van der Waals surface area contributed by atoms with E-state index in [4.69, 9.17) is 5.26 Å². The predicted octanol–water partition coefficient (Wildman–Crippen LogP) is 1.40. The van der Waals surface area contributed by atoms with Gasteiger partial charge in [-0.25, -0.2) is 0 Å². The topological polar surface area (TPSA) is 53.6 Å². The average molecular weight is 232 g/mol. The fourth-order valence-electron chi connectivity index (χ4n) is 1.10. The van der Waals surface area contributed by atoms with Crippen LogP contribution < -0.4 is 5.32 Å². The molecule has 1 heterocycles. The molecule has 0 bridgehead atoms. The average Bonchev–Trinajstić information content (AvgIpc) is 2.65. The minimum absolute atomic E-state index is 0.0517. The fraction of sp³-hybridized carbons (Fsp3) is 0.556. The third-order valence-corrected chi connectivity index (χ3v) is 2.21. The number of hydrogen-bond acceptors (Lipinski definition) is 3. The lowest BCUT2D eigenvalue weighted by molar-refractivity contribution is -0.141. The molecule has 7 heteroatoms. The SMILES string of the molecule is CNC(C)(C#N)Cn1ccc(C(F)(F)F)n1. The van der Waals surface area contributed by atoms with Gasteiger partial charge in [-0.3, -0.25) is 4.68 Å². The second-order valence-corrected chi connectivity index (χ2v) is 3.59. The van der Waals surface area contributed by atoms with Gasteiger partial charge in [0, 0.05) is 6.20 Å². The lowest BCUT2D eigenvalue weighted by Crippen LogP contribution is -2.42. The molecule has 1 rings (SSSR count). The highest BCUT2D eigenvalue weighted by Crippen LogP contribution is 2.27. The summed E-state index contributed by atoms with van der Waals surface area (Å²) in [6, 6.07) is 2.85. The zero-order valence-electron chi connectivity index (χ0n) is 8.84. The highest BCUT2D eigenvalue weighted by Gasteiger charge is 2.34. The molecule has 0 fully saturated rings. The zero-order chi connectivity index (χ0) is 12.4. The van der Waals surface area contributed by atoms with Gasteiger partial charge in [-0.1, -0.05) is 0 Å². The summed E-state index contributed by atoms with van der Waals surface area (Å²) in [7, 11) is 1.57. The largest absolute Gasteiger partial charge is 0.435 e. The van der Waals surface area contributed by atoms with E-state index >= 15 is 0 Å². The summed E-state index contributed by atoms with van der Waals surface area (Å²) in [4.78, 5) is 0. The fourth-order valence-corrected chi connectivity index (χ4v) is 1.10. The second-order valence-electron chi connectivity index (χ2n) is 3.59. The molecule has 4 nitrogen and oxygen atoms in total. The van der Waals surface area contributed by atoms with E-state index in [-0.39, 0.29) is 6.54 Å². The van der Waals surface area contributed by atoms with Crippen molar-refractivity contribution in [3.05, 3.63) is 18.0 Å². The van der Waals surface area contributed by atoms with Gasteiger partial charge < -0.3 is 5.32 Å². The number of nitriles is 1. The normalized spacial score (nSPS) is 15.5. The van der Waals surface area contributed by atoms with Crippen molar-refractivity contribution in [3.63, 3.8) is 0 Å². The summed E-state index contributed by atoms with van der Waals surface area (Å²) in [5.74, 6) is 0. The van der Waals surface area contributed by atoms with E-state index in [1.165, 1.54) is 6.20 Å². The zero-order valence-corrected chi connectivity index (χ0v) is 8.84. The molecular formula is C9H11F3N4. The van der Waals surface area contributed by atoms with Crippen LogP contribution in [0.25, 0.3) is 0 Å². The van der Waals surface area contributed by atoms with Gasteiger partial charge >= 0.3 is 6.18 Å². The molecule has 0 radical (unpaired) electrons. The lowest BCUT2D eigenvalue weighted by atomic mass is 10.1. The summed E-state index contributed by atoms with van der Waals surface area (Å²) in [6.07, 6.45) is -3.25. The van der Waals surface area contributed by atoms with E-state index in [1.54, 1.807) is 14.0 Å². The van der Waals surface area contributed by atoms with Gasteiger partial charge in [-0.2, -0.15) is 23.5 Å². The standard InChI is InChI=1S/C9H11F3N4/c1-8(5-13,14-2)6-16-4-3-7(15-16)9(10,11)12/h3-4,14H,6H2,1-2H3. The molecule has 1 aromatic heterocycles. The highest BCUT2D eigenvalue weighted by atomic mass is 19.4. The smallest absolute Gasteiger partial charge is 0.301 e. The van der Waals surface area contributed by atoms with Crippen molar-refractivity contribution < 1.29 is 13.2 Å². The van der Waals surface area contributed by atoms with E-state index in [1.807, 2.05) is 6.07 Å². The summed E-state index contributed by atoms with van der Waals surface area (Å²) in [5, 5.41) is 14.9. The van der Waals surface area contributed by atoms with Gasteiger partial charge in [-0.05, 0) is 20.0 Å². The van der Waals surface area contributed by atoms with Crippen molar-refractivity contribution in [2.24, 2.45) is 0 Å². The Morgan fingerprint density at radius 3 is 2.56 bits per heavy atom. The summed E-state index contributed by atoms with van der Waals surface area (Å²) in [6.45, 7) is 1.64. The van der Waals surface area contributed by atoms with E-state index in [2.05, 4.69) is 10.4 Å². The van der Waals surface area contributed by atoms with Crippen LogP contribution in [0.5, 0.6) is 0 Å². The van der Waals surface area contributed by atoms with Crippen LogP contribution in [0.2, 0.25) is 0 Å². The first-order valence-electron chi connectivity index (χ1n) is 4.51. The molecule has 0 aliphatic rings. The molecule has 0 spiro atoms. The predicted molar refractivity (Wildman–Crippen MR) is 50.3 cm³/mol. The van der Waals surface area contributed by atoms with Crippen LogP contribution in [-0.4, -0.2) is 22.4 Å². The van der Waals surface area contributed by atoms with E-state index in [0.29, 0.717) is 0 Å². The summed E-state index contributed by atoms with van der Waals surface area (Å²) < 4.78 is 37.8. The molecule has 0 aliphatic carbocycles. The maximum atomic E-state index is 12.2. The molecule has 1 atom stereocenters. The first-order valence-corrected chi connectivity index (χ1v) is 4.51. The number of rotatable bonds is 3. The van der Waals surface area contributed by atoms with Gasteiger partial charge in [-0.15, -0.1) is 0 Å². The van der Waals surface area contributed by atoms with Crippen LogP contribution in [0, 0.1) is 11.3 Å². The van der Waals surface area contributed by atoms with Crippen molar-refractivity contribution in [2.45, 2.75) is 25.2 Å². The van der Waals surface area contributed by atoms with E-state index in [0.717, 1.165) is 10.7 Å². The van der Waals surface area contributed by atoms with Crippen molar-refractivity contribution in [1.29, 1.82) is 5.26 Å². The van der Waals surface area contributed by atoms with Crippen LogP contribution in [-0.2, 0) is 12.7 Å². The Labute approximate surface area is 90.7 Å². The Hall–Kier alpha value is -1.55. The van der Waals surface area contributed by atoms with Gasteiger partial charge in [0.2, 0.25) is 0 Å². The molecule has 16 heavy (non-hydrogen) atoms. The summed E-state index contributed by atoms with van der Waals surface area (Å²) >= 11 is 0. The maximum Gasteiger partial charge on any atom is 0.435 e. The Kier molecular flexibility index (Phi) is 3.24. The quantitative estimate of drug-likeness (QED) is 0.857. The molecule has 0 amide bonds. The molecule has 0 aromatic carbocycles. The Morgan fingerprint density at radius 1 is 1.56 bits per heavy atom. The highest BCUT2D eigenvalue weighted by molar-refractivity contribution is 5.07. The molecule has 0 saturated heterocycles. The van der Waals surface area contributed by atoms with Crippen LogP contribution in [0.15, 0.2) is 12.3 Å². The number of nitrogens with one attached hydrogen (secondary N) is 1. The maximum absolute atomic E-state index is 12.2. The number of nitrogens with zero attached hydrogens (tertiary/aromatic N) is 3. The molecular weight excluding hydrogens is 221 g/mol. The molecule has 1 unspecified atom stereocenters. The van der Waals surface area contributed by atoms with E-state index in [9.17, 15) is 13.2 Å². The third kappa shape index (κ3) is 2.73. The minimum Gasteiger partial charge on any atom is -0.301 e. The van der Waals surface area contributed by atoms with Crippen molar-refractivity contribution in [2.75, 3.05) is 7.05 Å². The van der Waals surface area contributed by atoms with Crippen molar-refractivity contribution >= 4 is 0 Å². The third-order valence-electron chi connectivity index (χ3n) is 2.21. The minimum atomic E-state index is -4.45. The van der Waals surface area contributed by atoms with Gasteiger partial charge in [0.25, 0.3) is 0 Å². The molecule has 0 saturated carbocycles.